The van der Waals surface area contributed by atoms with Crippen molar-refractivity contribution in [2.75, 3.05) is 10.6 Å². The molecule has 9 heteroatoms. The Hall–Kier alpha value is -2.48. The van der Waals surface area contributed by atoms with Crippen molar-refractivity contribution in [2.45, 2.75) is 17.1 Å². The minimum Gasteiger partial charge on any atom is -0.478 e. The Labute approximate surface area is 175 Å². The fraction of sp³-hybridized carbons (Fsp3) is 0.105. The first-order valence-electron chi connectivity index (χ1n) is 8.00. The van der Waals surface area contributed by atoms with Gasteiger partial charge < -0.3 is 15.7 Å². The lowest BCUT2D eigenvalue weighted by Crippen LogP contribution is -2.22. The predicted molar refractivity (Wildman–Crippen MR) is 112 cm³/mol. The van der Waals surface area contributed by atoms with Crippen LogP contribution in [-0.4, -0.2) is 28.1 Å². The molecular weight excluding hydrogens is 423 g/mol. The maximum absolute atomic E-state index is 12.4. The van der Waals surface area contributed by atoms with Gasteiger partial charge in [0.25, 0.3) is 0 Å². The summed E-state index contributed by atoms with van der Waals surface area (Å²) in [5, 5.41) is 14.0. The van der Waals surface area contributed by atoms with Crippen molar-refractivity contribution in [1.29, 1.82) is 0 Å². The van der Waals surface area contributed by atoms with Crippen LogP contribution in [0.4, 0.5) is 11.4 Å². The standard InChI is InChI=1S/C19H16Cl2N2O4S/c1-11(19(27)23-15-7-3-6-14(20)18(15)21)28-13-5-2-4-12(10-13)22-16(24)8-9-17(25)26/h2-11H,1H3,(H,22,24)(H,23,27)(H,25,26)/b9-8+. The van der Waals surface area contributed by atoms with Gasteiger partial charge in [-0.05, 0) is 37.3 Å². The van der Waals surface area contributed by atoms with Crippen LogP contribution < -0.4 is 10.6 Å². The molecule has 2 aromatic carbocycles. The molecule has 0 spiro atoms. The van der Waals surface area contributed by atoms with Crippen LogP contribution in [0.15, 0.2) is 59.5 Å². The van der Waals surface area contributed by atoms with E-state index in [2.05, 4.69) is 10.6 Å². The lowest BCUT2D eigenvalue weighted by molar-refractivity contribution is -0.131. The molecule has 0 saturated heterocycles. The third-order valence-electron chi connectivity index (χ3n) is 3.37. The number of hydrogen-bond acceptors (Lipinski definition) is 4. The lowest BCUT2D eigenvalue weighted by Gasteiger charge is -2.14. The molecule has 0 aliphatic carbocycles. The van der Waals surface area contributed by atoms with Gasteiger partial charge in [-0.1, -0.05) is 35.3 Å². The molecule has 0 fully saturated rings. The van der Waals surface area contributed by atoms with Crippen molar-refractivity contribution >= 4 is 64.1 Å². The molecule has 2 aromatic rings. The molecule has 1 unspecified atom stereocenters. The first kappa shape index (κ1) is 21.8. The van der Waals surface area contributed by atoms with Gasteiger partial charge in [-0.25, -0.2) is 4.79 Å². The lowest BCUT2D eigenvalue weighted by atomic mass is 10.3. The van der Waals surface area contributed by atoms with Crippen molar-refractivity contribution in [3.8, 4) is 0 Å². The van der Waals surface area contributed by atoms with Crippen molar-refractivity contribution in [3.05, 3.63) is 64.7 Å². The Morgan fingerprint density at radius 1 is 1.07 bits per heavy atom. The van der Waals surface area contributed by atoms with E-state index < -0.39 is 17.1 Å². The molecule has 6 nitrogen and oxygen atoms in total. The molecule has 0 aromatic heterocycles. The summed E-state index contributed by atoms with van der Waals surface area (Å²) < 4.78 is 0. The highest BCUT2D eigenvalue weighted by Crippen LogP contribution is 2.31. The number of carboxylic acid groups (broad SMARTS) is 1. The van der Waals surface area contributed by atoms with Gasteiger partial charge in [0.1, 0.15) is 0 Å². The van der Waals surface area contributed by atoms with E-state index in [1.807, 2.05) is 0 Å². The summed E-state index contributed by atoms with van der Waals surface area (Å²) in [5.74, 6) is -2.03. The zero-order valence-corrected chi connectivity index (χ0v) is 16.9. The summed E-state index contributed by atoms with van der Waals surface area (Å²) >= 11 is 13.3. The van der Waals surface area contributed by atoms with Crippen molar-refractivity contribution < 1.29 is 19.5 Å². The fourth-order valence-corrected chi connectivity index (χ4v) is 3.34. The van der Waals surface area contributed by atoms with E-state index in [1.54, 1.807) is 49.4 Å². The fourth-order valence-electron chi connectivity index (χ4n) is 2.07. The van der Waals surface area contributed by atoms with E-state index in [0.717, 1.165) is 17.0 Å². The molecule has 2 amide bonds. The molecule has 0 aliphatic heterocycles. The average Bonchev–Trinajstić information content (AvgIpc) is 2.64. The van der Waals surface area contributed by atoms with Crippen LogP contribution in [0.1, 0.15) is 6.92 Å². The summed E-state index contributed by atoms with van der Waals surface area (Å²) in [6, 6.07) is 11.8. The average molecular weight is 439 g/mol. The van der Waals surface area contributed by atoms with Crippen LogP contribution in [0.3, 0.4) is 0 Å². The first-order valence-corrected chi connectivity index (χ1v) is 9.63. The van der Waals surface area contributed by atoms with Gasteiger partial charge in [-0.15, -0.1) is 11.8 Å². The number of thioether (sulfide) groups is 1. The maximum atomic E-state index is 12.4. The molecule has 0 aliphatic rings. The van der Waals surface area contributed by atoms with Crippen molar-refractivity contribution in [2.24, 2.45) is 0 Å². The quantitative estimate of drug-likeness (QED) is 0.430. The Balaban J connectivity index is 2.00. The summed E-state index contributed by atoms with van der Waals surface area (Å²) in [5.41, 5.74) is 0.911. The van der Waals surface area contributed by atoms with E-state index in [9.17, 15) is 14.4 Å². The van der Waals surface area contributed by atoms with E-state index in [0.29, 0.717) is 16.4 Å². The minimum absolute atomic E-state index is 0.256. The summed E-state index contributed by atoms with van der Waals surface area (Å²) in [6.07, 6.45) is 1.67. The smallest absolute Gasteiger partial charge is 0.328 e. The van der Waals surface area contributed by atoms with Gasteiger partial charge in [-0.3, -0.25) is 9.59 Å². The second-order valence-electron chi connectivity index (χ2n) is 5.54. The highest BCUT2D eigenvalue weighted by Gasteiger charge is 2.16. The Morgan fingerprint density at radius 3 is 2.50 bits per heavy atom. The van der Waals surface area contributed by atoms with Crippen LogP contribution >= 0.6 is 35.0 Å². The highest BCUT2D eigenvalue weighted by molar-refractivity contribution is 8.00. The van der Waals surface area contributed by atoms with E-state index in [1.165, 1.54) is 11.8 Å². The highest BCUT2D eigenvalue weighted by atomic mass is 35.5. The zero-order chi connectivity index (χ0) is 20.7. The van der Waals surface area contributed by atoms with Gasteiger partial charge in [0.15, 0.2) is 0 Å². The maximum Gasteiger partial charge on any atom is 0.328 e. The second kappa shape index (κ2) is 10.2. The van der Waals surface area contributed by atoms with Crippen LogP contribution in [-0.2, 0) is 14.4 Å². The topological polar surface area (TPSA) is 95.5 Å². The van der Waals surface area contributed by atoms with E-state index in [4.69, 9.17) is 28.3 Å². The monoisotopic (exact) mass is 438 g/mol. The van der Waals surface area contributed by atoms with E-state index in [-0.39, 0.29) is 10.9 Å². The number of carbonyl (C=O) groups excluding carboxylic acids is 2. The largest absolute Gasteiger partial charge is 0.478 e. The number of benzene rings is 2. The summed E-state index contributed by atoms with van der Waals surface area (Å²) in [6.45, 7) is 1.74. The Bertz CT molecular complexity index is 934. The molecule has 28 heavy (non-hydrogen) atoms. The van der Waals surface area contributed by atoms with Crippen LogP contribution in [0.25, 0.3) is 0 Å². The normalized spacial score (nSPS) is 11.8. The zero-order valence-electron chi connectivity index (χ0n) is 14.6. The minimum atomic E-state index is -1.21. The molecule has 0 radical (unpaired) electrons. The Kier molecular flexibility index (Phi) is 7.92. The molecule has 0 bridgehead atoms. The summed E-state index contributed by atoms with van der Waals surface area (Å²) in [7, 11) is 0. The Morgan fingerprint density at radius 2 is 1.79 bits per heavy atom. The van der Waals surface area contributed by atoms with Crippen LogP contribution in [0, 0.1) is 0 Å². The first-order chi connectivity index (χ1) is 13.3. The molecule has 2 rings (SSSR count). The molecule has 0 heterocycles. The number of hydrogen-bond donors (Lipinski definition) is 3. The molecule has 3 N–H and O–H groups in total. The molecule has 146 valence electrons. The predicted octanol–water partition coefficient (Wildman–Crippen LogP) is 4.69. The third kappa shape index (κ3) is 6.60. The van der Waals surface area contributed by atoms with Gasteiger partial charge in [0.05, 0.1) is 21.0 Å². The number of carboxylic acids is 1. The number of rotatable bonds is 7. The van der Waals surface area contributed by atoms with Gasteiger partial charge in [-0.2, -0.15) is 0 Å². The SMILES string of the molecule is CC(Sc1cccc(NC(=O)/C=C/C(=O)O)c1)C(=O)Nc1cccc(Cl)c1Cl. The van der Waals surface area contributed by atoms with Crippen molar-refractivity contribution in [1.82, 2.24) is 0 Å². The second-order valence-corrected chi connectivity index (χ2v) is 7.74. The third-order valence-corrected chi connectivity index (χ3v) is 5.28. The van der Waals surface area contributed by atoms with Crippen molar-refractivity contribution in [3.63, 3.8) is 0 Å². The molecular formula is C19H16Cl2N2O4S. The van der Waals surface area contributed by atoms with Gasteiger partial charge >= 0.3 is 5.97 Å². The van der Waals surface area contributed by atoms with Crippen LogP contribution in [0.2, 0.25) is 10.0 Å². The summed E-state index contributed by atoms with van der Waals surface area (Å²) in [4.78, 5) is 35.3. The molecule has 0 saturated carbocycles. The number of aliphatic carboxylic acids is 1. The number of halogens is 2. The van der Waals surface area contributed by atoms with E-state index >= 15 is 0 Å². The number of anilines is 2. The number of nitrogens with one attached hydrogen (secondary N) is 2. The number of amides is 2. The van der Waals surface area contributed by atoms with Gasteiger partial charge in [0, 0.05) is 22.7 Å². The molecule has 1 atom stereocenters. The van der Waals surface area contributed by atoms with Crippen LogP contribution in [0.5, 0.6) is 0 Å². The number of carbonyl (C=O) groups is 3. The van der Waals surface area contributed by atoms with Gasteiger partial charge in [0.2, 0.25) is 11.8 Å².